The van der Waals surface area contributed by atoms with E-state index >= 15 is 0 Å². The monoisotopic (exact) mass is 390 g/mol. The molecule has 1 unspecified atom stereocenters. The van der Waals surface area contributed by atoms with Crippen molar-refractivity contribution in [3.63, 3.8) is 0 Å². The Bertz CT molecular complexity index is 1100. The van der Waals surface area contributed by atoms with Crippen molar-refractivity contribution in [3.05, 3.63) is 105 Å². The van der Waals surface area contributed by atoms with E-state index in [9.17, 15) is 13.2 Å². The Morgan fingerprint density at radius 3 is 2.31 bits per heavy atom. The molecule has 3 heteroatoms. The van der Waals surface area contributed by atoms with Crippen LogP contribution in [0.3, 0.4) is 0 Å². The van der Waals surface area contributed by atoms with E-state index in [0.717, 1.165) is 30.9 Å². The van der Waals surface area contributed by atoms with Gasteiger partial charge in [0, 0.05) is 0 Å². The van der Waals surface area contributed by atoms with Crippen LogP contribution < -0.4 is 0 Å². The summed E-state index contributed by atoms with van der Waals surface area (Å²) >= 11 is 0. The van der Waals surface area contributed by atoms with Gasteiger partial charge in [-0.25, -0.2) is 13.2 Å². The fourth-order valence-electron chi connectivity index (χ4n) is 3.95. The highest BCUT2D eigenvalue weighted by Crippen LogP contribution is 2.34. The normalized spacial score (nSPS) is 15.4. The summed E-state index contributed by atoms with van der Waals surface area (Å²) in [6, 6.07) is 16.0. The van der Waals surface area contributed by atoms with E-state index in [2.05, 4.69) is 43.0 Å². The van der Waals surface area contributed by atoms with Gasteiger partial charge in [0.2, 0.25) is 0 Å². The fraction of sp³-hybridized carbons (Fsp3) is 0.231. The predicted octanol–water partition coefficient (Wildman–Crippen LogP) is 6.34. The predicted molar refractivity (Wildman–Crippen MR) is 109 cm³/mol. The molecule has 0 bridgehead atoms. The number of aryl methyl sites for hydroxylation is 1. The second kappa shape index (κ2) is 8.17. The average Bonchev–Trinajstić information content (AvgIpc) is 2.76. The summed E-state index contributed by atoms with van der Waals surface area (Å²) in [5.74, 6) is 3.31. The van der Waals surface area contributed by atoms with Crippen LogP contribution in [0.2, 0.25) is 0 Å². The lowest BCUT2D eigenvalue weighted by Crippen LogP contribution is -2.15. The molecule has 0 aromatic heterocycles. The first kappa shape index (κ1) is 19.3. The third-order valence-electron chi connectivity index (χ3n) is 5.69. The molecule has 1 atom stereocenters. The van der Waals surface area contributed by atoms with Crippen molar-refractivity contribution in [2.45, 2.75) is 38.5 Å². The standard InChI is InChI=1S/C26H21F3/c1-2-17-6-8-18(9-7-17)21-14-15-23-22(16-21)13-12-20(25(23)28)11-10-19-4-3-5-24(27)26(19)29/h3-9,12-13,21H,2,14-16H2,1H3. The van der Waals surface area contributed by atoms with Crippen molar-refractivity contribution in [2.24, 2.45) is 0 Å². The second-order valence-corrected chi connectivity index (χ2v) is 7.45. The van der Waals surface area contributed by atoms with E-state index in [4.69, 9.17) is 0 Å². The molecule has 1 aliphatic carbocycles. The Balaban J connectivity index is 1.59. The Kier molecular flexibility index (Phi) is 5.45. The van der Waals surface area contributed by atoms with Gasteiger partial charge in [-0.1, -0.05) is 55.2 Å². The first-order chi connectivity index (χ1) is 14.1. The SMILES string of the molecule is CCc1ccc(C2CCc3c(ccc(C#Cc4cccc(F)c4F)c3F)C2)cc1. The van der Waals surface area contributed by atoms with Gasteiger partial charge in [0.15, 0.2) is 11.6 Å². The first-order valence-corrected chi connectivity index (χ1v) is 9.92. The molecule has 0 saturated carbocycles. The zero-order valence-electron chi connectivity index (χ0n) is 16.2. The smallest absolute Gasteiger partial charge is 0.174 e. The largest absolute Gasteiger partial charge is 0.205 e. The van der Waals surface area contributed by atoms with Crippen LogP contribution in [0.5, 0.6) is 0 Å². The topological polar surface area (TPSA) is 0 Å². The van der Waals surface area contributed by atoms with Crippen LogP contribution >= 0.6 is 0 Å². The van der Waals surface area contributed by atoms with Gasteiger partial charge in [-0.2, -0.15) is 0 Å². The number of hydrogen-bond acceptors (Lipinski definition) is 0. The third-order valence-corrected chi connectivity index (χ3v) is 5.69. The first-order valence-electron chi connectivity index (χ1n) is 9.92. The average molecular weight is 390 g/mol. The summed E-state index contributed by atoms with van der Waals surface area (Å²) in [6.07, 6.45) is 3.34. The van der Waals surface area contributed by atoms with E-state index in [1.165, 1.54) is 23.3 Å². The van der Waals surface area contributed by atoms with E-state index in [1.807, 2.05) is 6.07 Å². The van der Waals surface area contributed by atoms with Crippen molar-refractivity contribution >= 4 is 0 Å². The van der Waals surface area contributed by atoms with E-state index in [0.29, 0.717) is 17.9 Å². The molecule has 0 amide bonds. The molecule has 0 heterocycles. The second-order valence-electron chi connectivity index (χ2n) is 7.45. The quantitative estimate of drug-likeness (QED) is 0.448. The molecular formula is C26H21F3. The van der Waals surface area contributed by atoms with Gasteiger partial charge < -0.3 is 0 Å². The molecule has 0 N–H and O–H groups in total. The third kappa shape index (κ3) is 3.93. The highest BCUT2D eigenvalue weighted by molar-refractivity contribution is 5.48. The maximum Gasteiger partial charge on any atom is 0.174 e. The summed E-state index contributed by atoms with van der Waals surface area (Å²) in [6.45, 7) is 2.14. The molecule has 0 radical (unpaired) electrons. The molecule has 3 aromatic carbocycles. The van der Waals surface area contributed by atoms with Crippen LogP contribution in [0.15, 0.2) is 54.6 Å². The Morgan fingerprint density at radius 2 is 1.59 bits per heavy atom. The maximum atomic E-state index is 15.0. The van der Waals surface area contributed by atoms with Gasteiger partial charge in [0.1, 0.15) is 5.82 Å². The van der Waals surface area contributed by atoms with Gasteiger partial charge in [0.25, 0.3) is 0 Å². The molecule has 146 valence electrons. The van der Waals surface area contributed by atoms with Crippen LogP contribution in [0, 0.1) is 29.3 Å². The van der Waals surface area contributed by atoms with E-state index in [-0.39, 0.29) is 16.9 Å². The van der Waals surface area contributed by atoms with Gasteiger partial charge in [-0.05, 0) is 72.1 Å². The zero-order chi connectivity index (χ0) is 20.4. The van der Waals surface area contributed by atoms with Crippen molar-refractivity contribution < 1.29 is 13.2 Å². The van der Waals surface area contributed by atoms with Crippen molar-refractivity contribution in [1.82, 2.24) is 0 Å². The van der Waals surface area contributed by atoms with Gasteiger partial charge in [0.05, 0.1) is 11.1 Å². The molecule has 0 aliphatic heterocycles. The van der Waals surface area contributed by atoms with Crippen LogP contribution in [-0.2, 0) is 19.3 Å². The number of benzene rings is 3. The number of halogens is 3. The minimum absolute atomic E-state index is 0.0716. The summed E-state index contributed by atoms with van der Waals surface area (Å²) < 4.78 is 42.1. The molecule has 0 spiro atoms. The van der Waals surface area contributed by atoms with Gasteiger partial charge in [-0.15, -0.1) is 0 Å². The minimum atomic E-state index is -1.00. The summed E-state index contributed by atoms with van der Waals surface area (Å²) in [5, 5.41) is 0. The van der Waals surface area contributed by atoms with Crippen LogP contribution in [0.1, 0.15) is 52.6 Å². The van der Waals surface area contributed by atoms with Gasteiger partial charge >= 0.3 is 0 Å². The Morgan fingerprint density at radius 1 is 0.862 bits per heavy atom. The zero-order valence-corrected chi connectivity index (χ0v) is 16.2. The van der Waals surface area contributed by atoms with Crippen LogP contribution in [0.25, 0.3) is 0 Å². The molecular weight excluding hydrogens is 369 g/mol. The molecule has 29 heavy (non-hydrogen) atoms. The lowest BCUT2D eigenvalue weighted by atomic mass is 9.79. The van der Waals surface area contributed by atoms with Crippen LogP contribution in [-0.4, -0.2) is 0 Å². The molecule has 0 nitrogen and oxygen atoms in total. The highest BCUT2D eigenvalue weighted by Gasteiger charge is 2.23. The molecule has 0 fully saturated rings. The molecule has 1 aliphatic rings. The summed E-state index contributed by atoms with van der Waals surface area (Å²) in [7, 11) is 0. The summed E-state index contributed by atoms with van der Waals surface area (Å²) in [5.41, 5.74) is 4.45. The van der Waals surface area contributed by atoms with Crippen molar-refractivity contribution in [2.75, 3.05) is 0 Å². The number of hydrogen-bond donors (Lipinski definition) is 0. The molecule has 3 aromatic rings. The highest BCUT2D eigenvalue weighted by atomic mass is 19.2. The molecule has 4 rings (SSSR count). The van der Waals surface area contributed by atoms with Gasteiger partial charge in [-0.3, -0.25) is 0 Å². The fourth-order valence-corrected chi connectivity index (χ4v) is 3.95. The number of fused-ring (bicyclic) bond motifs is 1. The number of rotatable bonds is 2. The summed E-state index contributed by atoms with van der Waals surface area (Å²) in [4.78, 5) is 0. The lowest BCUT2D eigenvalue weighted by Gasteiger charge is -2.26. The van der Waals surface area contributed by atoms with Crippen molar-refractivity contribution in [3.8, 4) is 11.8 Å². The van der Waals surface area contributed by atoms with E-state index < -0.39 is 11.6 Å². The van der Waals surface area contributed by atoms with E-state index in [1.54, 1.807) is 6.07 Å². The molecule has 0 saturated heterocycles. The minimum Gasteiger partial charge on any atom is -0.205 e. The maximum absolute atomic E-state index is 15.0. The van der Waals surface area contributed by atoms with Crippen molar-refractivity contribution in [1.29, 1.82) is 0 Å². The Labute approximate surface area is 169 Å². The lowest BCUT2D eigenvalue weighted by molar-refractivity contribution is 0.506. The van der Waals surface area contributed by atoms with Crippen LogP contribution in [0.4, 0.5) is 13.2 Å². The Hall–Kier alpha value is -2.99.